The van der Waals surface area contributed by atoms with E-state index in [0.717, 1.165) is 33.3 Å². The van der Waals surface area contributed by atoms with E-state index in [1.165, 1.54) is 0 Å². The van der Waals surface area contributed by atoms with Gasteiger partial charge in [-0.15, -0.1) is 0 Å². The molecule has 2 heterocycles. The number of rotatable bonds is 2. The van der Waals surface area contributed by atoms with Crippen molar-refractivity contribution in [3.63, 3.8) is 0 Å². The van der Waals surface area contributed by atoms with Gasteiger partial charge < -0.3 is 10.6 Å². The number of nitrogens with zero attached hydrogens (tertiary/aromatic N) is 2. The fourth-order valence-electron chi connectivity index (χ4n) is 4.05. The summed E-state index contributed by atoms with van der Waals surface area (Å²) in [6.45, 7) is 0. The minimum atomic E-state index is -0.142. The largest absolute Gasteiger partial charge is 0.306 e. The Labute approximate surface area is 183 Å². The van der Waals surface area contributed by atoms with Gasteiger partial charge in [-0.2, -0.15) is 0 Å². The molecule has 0 saturated carbocycles. The summed E-state index contributed by atoms with van der Waals surface area (Å²) < 4.78 is 0. The van der Waals surface area contributed by atoms with Crippen LogP contribution in [0.5, 0.6) is 0 Å². The van der Waals surface area contributed by atoms with Crippen molar-refractivity contribution in [1.82, 2.24) is 10.6 Å². The van der Waals surface area contributed by atoms with Gasteiger partial charge in [-0.3, -0.25) is 9.59 Å². The number of carbonyl (C=O) groups is 2. The fraction of sp³-hybridized carbons (Fsp3) is 0. The van der Waals surface area contributed by atoms with Gasteiger partial charge in [0.2, 0.25) is 0 Å². The summed E-state index contributed by atoms with van der Waals surface area (Å²) in [6, 6.07) is 26.5. The van der Waals surface area contributed by atoms with Crippen LogP contribution in [0.3, 0.4) is 0 Å². The van der Waals surface area contributed by atoms with Crippen LogP contribution in [0.15, 0.2) is 94.9 Å². The highest BCUT2D eigenvalue weighted by Crippen LogP contribution is 2.28. The Balaban J connectivity index is 1.38. The lowest BCUT2D eigenvalue weighted by Gasteiger charge is -2.04. The van der Waals surface area contributed by atoms with Gasteiger partial charge in [0.15, 0.2) is 0 Å². The molecule has 2 aliphatic rings. The van der Waals surface area contributed by atoms with Gasteiger partial charge in [-0.25, -0.2) is 9.98 Å². The predicted octanol–water partition coefficient (Wildman–Crippen LogP) is 4.48. The van der Waals surface area contributed by atoms with E-state index in [1.807, 2.05) is 72.8 Å². The van der Waals surface area contributed by atoms with Crippen LogP contribution in [0, 0.1) is 0 Å². The second-order valence-corrected chi connectivity index (χ2v) is 7.64. The predicted molar refractivity (Wildman–Crippen MR) is 124 cm³/mol. The van der Waals surface area contributed by atoms with Crippen molar-refractivity contribution >= 4 is 45.6 Å². The molecule has 0 radical (unpaired) electrons. The molecular formula is C26H16N4O2. The van der Waals surface area contributed by atoms with Gasteiger partial charge in [-0.1, -0.05) is 48.5 Å². The molecule has 0 unspecified atom stereocenters. The zero-order valence-electron chi connectivity index (χ0n) is 16.8. The quantitative estimate of drug-likeness (QED) is 0.505. The summed E-state index contributed by atoms with van der Waals surface area (Å²) in [4.78, 5) is 33.7. The van der Waals surface area contributed by atoms with E-state index in [-0.39, 0.29) is 11.8 Å². The van der Waals surface area contributed by atoms with Crippen molar-refractivity contribution in [2.75, 3.05) is 0 Å². The Morgan fingerprint density at radius 1 is 0.500 bits per heavy atom. The second kappa shape index (κ2) is 6.99. The molecule has 2 amide bonds. The van der Waals surface area contributed by atoms with Crippen molar-refractivity contribution in [1.29, 1.82) is 0 Å². The van der Waals surface area contributed by atoms with Crippen molar-refractivity contribution in [3.05, 3.63) is 107 Å². The molecule has 2 aliphatic heterocycles. The molecule has 0 aromatic heterocycles. The molecule has 0 spiro atoms. The number of amides is 2. The van der Waals surface area contributed by atoms with Gasteiger partial charge in [0.1, 0.15) is 11.7 Å². The van der Waals surface area contributed by atoms with E-state index in [0.29, 0.717) is 22.8 Å². The Hall–Kier alpha value is -4.58. The van der Waals surface area contributed by atoms with Crippen LogP contribution in [0.25, 0.3) is 10.8 Å². The highest BCUT2D eigenvalue weighted by molar-refractivity contribution is 6.24. The van der Waals surface area contributed by atoms with E-state index in [1.54, 1.807) is 12.1 Å². The molecule has 0 atom stereocenters. The van der Waals surface area contributed by atoms with Crippen molar-refractivity contribution in [2.24, 2.45) is 9.98 Å². The zero-order chi connectivity index (χ0) is 21.7. The third-order valence-electron chi connectivity index (χ3n) is 5.61. The minimum absolute atomic E-state index is 0.142. The monoisotopic (exact) mass is 416 g/mol. The highest BCUT2D eigenvalue weighted by Gasteiger charge is 2.25. The van der Waals surface area contributed by atoms with Crippen LogP contribution in [-0.4, -0.2) is 23.5 Å². The highest BCUT2D eigenvalue weighted by atomic mass is 16.2. The minimum Gasteiger partial charge on any atom is -0.306 e. The van der Waals surface area contributed by atoms with Gasteiger partial charge in [0, 0.05) is 11.1 Å². The van der Waals surface area contributed by atoms with Crippen molar-refractivity contribution in [2.45, 2.75) is 0 Å². The molecule has 4 aromatic rings. The first-order valence-corrected chi connectivity index (χ1v) is 10.2. The van der Waals surface area contributed by atoms with E-state index in [4.69, 9.17) is 0 Å². The van der Waals surface area contributed by atoms with Crippen molar-refractivity contribution < 1.29 is 9.59 Å². The molecule has 0 fully saturated rings. The maximum Gasteiger partial charge on any atom is 0.257 e. The van der Waals surface area contributed by atoms with E-state index in [9.17, 15) is 9.59 Å². The number of amidine groups is 2. The number of benzene rings is 4. The summed E-state index contributed by atoms with van der Waals surface area (Å²) in [5, 5.41) is 7.68. The third kappa shape index (κ3) is 2.97. The first kappa shape index (κ1) is 18.2. The standard InChI is InChI=1S/C26H16N4O2/c31-25-21-7-3-1-5-19(21)23(29-25)27-17-11-9-15-10-12-18(14-16(15)13-17)28-24-20-6-2-4-8-22(20)26(32)30-24/h1-14H,(H,27,29,31)(H,28,30,32). The SMILES string of the molecule is O=C1NC(=Nc2ccc3ccc(N=C4NC(=O)c5ccccc54)cc3c2)c2ccccc21. The summed E-state index contributed by atoms with van der Waals surface area (Å²) in [6.07, 6.45) is 0. The molecule has 2 N–H and O–H groups in total. The van der Waals surface area contributed by atoms with Crippen LogP contribution in [0.1, 0.15) is 31.8 Å². The summed E-state index contributed by atoms with van der Waals surface area (Å²) in [5.74, 6) is 0.813. The molecule has 6 heteroatoms. The van der Waals surface area contributed by atoms with Crippen LogP contribution in [0.2, 0.25) is 0 Å². The Kier molecular flexibility index (Phi) is 3.98. The molecule has 32 heavy (non-hydrogen) atoms. The summed E-state index contributed by atoms with van der Waals surface area (Å²) in [7, 11) is 0. The average molecular weight is 416 g/mol. The average Bonchev–Trinajstić information content (AvgIpc) is 3.30. The topological polar surface area (TPSA) is 82.9 Å². The van der Waals surface area contributed by atoms with Crippen LogP contribution < -0.4 is 10.6 Å². The van der Waals surface area contributed by atoms with Gasteiger partial charge in [0.25, 0.3) is 11.8 Å². The molecule has 4 aromatic carbocycles. The van der Waals surface area contributed by atoms with Gasteiger partial charge in [-0.05, 0) is 47.2 Å². The number of aliphatic imine (C=N–C) groups is 2. The van der Waals surface area contributed by atoms with Crippen molar-refractivity contribution in [3.8, 4) is 0 Å². The van der Waals surface area contributed by atoms with E-state index in [2.05, 4.69) is 20.6 Å². The number of hydrogen-bond donors (Lipinski definition) is 2. The smallest absolute Gasteiger partial charge is 0.257 e. The Bertz CT molecular complexity index is 1410. The molecule has 152 valence electrons. The lowest BCUT2D eigenvalue weighted by atomic mass is 10.1. The third-order valence-corrected chi connectivity index (χ3v) is 5.61. The first-order valence-electron chi connectivity index (χ1n) is 10.2. The van der Waals surface area contributed by atoms with E-state index < -0.39 is 0 Å². The fourth-order valence-corrected chi connectivity index (χ4v) is 4.05. The summed E-state index contributed by atoms with van der Waals surface area (Å²) >= 11 is 0. The molecule has 0 bridgehead atoms. The lowest BCUT2D eigenvalue weighted by molar-refractivity contribution is 0.0975. The number of fused-ring (bicyclic) bond motifs is 3. The Morgan fingerprint density at radius 2 is 0.938 bits per heavy atom. The zero-order valence-corrected chi connectivity index (χ0v) is 16.8. The second-order valence-electron chi connectivity index (χ2n) is 7.64. The maximum atomic E-state index is 12.2. The number of nitrogens with one attached hydrogen (secondary N) is 2. The number of carbonyl (C=O) groups excluding carboxylic acids is 2. The summed E-state index contributed by atoms with van der Waals surface area (Å²) in [5.41, 5.74) is 4.32. The molecule has 6 rings (SSSR count). The van der Waals surface area contributed by atoms with Crippen LogP contribution >= 0.6 is 0 Å². The lowest BCUT2D eigenvalue weighted by Crippen LogP contribution is -2.21. The Morgan fingerprint density at radius 3 is 1.41 bits per heavy atom. The van der Waals surface area contributed by atoms with Gasteiger partial charge >= 0.3 is 0 Å². The number of hydrogen-bond acceptors (Lipinski definition) is 4. The molecular weight excluding hydrogens is 400 g/mol. The van der Waals surface area contributed by atoms with Gasteiger partial charge in [0.05, 0.1) is 22.5 Å². The molecule has 0 aliphatic carbocycles. The first-order chi connectivity index (χ1) is 15.7. The van der Waals surface area contributed by atoms with E-state index >= 15 is 0 Å². The normalized spacial score (nSPS) is 16.9. The maximum absolute atomic E-state index is 12.2. The molecule has 0 saturated heterocycles. The van der Waals surface area contributed by atoms with Crippen LogP contribution in [-0.2, 0) is 0 Å². The van der Waals surface area contributed by atoms with Crippen LogP contribution in [0.4, 0.5) is 11.4 Å². The molecule has 6 nitrogen and oxygen atoms in total.